The van der Waals surface area contributed by atoms with Crippen LogP contribution in [-0.2, 0) is 29.2 Å². The van der Waals surface area contributed by atoms with Gasteiger partial charge in [-0.25, -0.2) is 4.98 Å². The Hall–Kier alpha value is -3.01. The van der Waals surface area contributed by atoms with Gasteiger partial charge in [0.05, 0.1) is 36.5 Å². The molecule has 172 valence electrons. The third-order valence-corrected chi connectivity index (χ3v) is 6.52. The fourth-order valence-electron chi connectivity index (χ4n) is 4.09. The summed E-state index contributed by atoms with van der Waals surface area (Å²) in [5, 5.41) is 3.02. The first-order chi connectivity index (χ1) is 16.1. The van der Waals surface area contributed by atoms with Gasteiger partial charge in [-0.05, 0) is 42.3 Å². The third-order valence-electron chi connectivity index (χ3n) is 5.70. The molecule has 9 heteroatoms. The van der Waals surface area contributed by atoms with Crippen molar-refractivity contribution in [3.63, 3.8) is 0 Å². The molecule has 0 saturated carbocycles. The van der Waals surface area contributed by atoms with Crippen molar-refractivity contribution in [3.8, 4) is 11.5 Å². The third kappa shape index (κ3) is 5.50. The average Bonchev–Trinajstić information content (AvgIpc) is 3.42. The first-order valence-corrected chi connectivity index (χ1v) is 11.8. The summed E-state index contributed by atoms with van der Waals surface area (Å²) in [6, 6.07) is 9.82. The lowest BCUT2D eigenvalue weighted by atomic mass is 10.2. The number of carbonyl (C=O) groups is 1. The van der Waals surface area contributed by atoms with Crippen LogP contribution < -0.4 is 9.47 Å². The quantitative estimate of drug-likeness (QED) is 0.530. The number of ether oxygens (including phenoxy) is 3. The van der Waals surface area contributed by atoms with Crippen LogP contribution >= 0.6 is 11.3 Å². The van der Waals surface area contributed by atoms with Gasteiger partial charge in [-0.3, -0.25) is 14.7 Å². The smallest absolute Gasteiger partial charge is 0.237 e. The minimum atomic E-state index is -0.127. The molecule has 2 aliphatic rings. The Morgan fingerprint density at radius 2 is 1.94 bits per heavy atom. The molecular formula is C24H26N4O4S. The van der Waals surface area contributed by atoms with E-state index in [0.29, 0.717) is 39.3 Å². The fraction of sp³-hybridized carbons (Fsp3) is 0.375. The molecule has 0 N–H and O–H groups in total. The van der Waals surface area contributed by atoms with E-state index in [0.717, 1.165) is 33.3 Å². The van der Waals surface area contributed by atoms with Crippen LogP contribution in [0.2, 0.25) is 0 Å². The molecule has 2 aliphatic heterocycles. The van der Waals surface area contributed by atoms with E-state index in [1.54, 1.807) is 23.7 Å². The lowest BCUT2D eigenvalue weighted by Crippen LogP contribution is -2.37. The predicted molar refractivity (Wildman–Crippen MR) is 123 cm³/mol. The van der Waals surface area contributed by atoms with Crippen molar-refractivity contribution in [2.45, 2.75) is 32.7 Å². The van der Waals surface area contributed by atoms with Crippen LogP contribution in [0, 0.1) is 6.92 Å². The van der Waals surface area contributed by atoms with Crippen LogP contribution in [0.15, 0.2) is 48.1 Å². The fourth-order valence-corrected chi connectivity index (χ4v) is 4.70. The summed E-state index contributed by atoms with van der Waals surface area (Å²) in [6.45, 7) is 5.33. The molecule has 0 radical (unpaired) electrons. The molecule has 0 spiro atoms. The topological polar surface area (TPSA) is 77.0 Å². The first kappa shape index (κ1) is 21.8. The molecule has 1 fully saturated rings. The first-order valence-electron chi connectivity index (χ1n) is 10.9. The number of nitrogens with zero attached hydrogens (tertiary/aromatic N) is 4. The molecular weight excluding hydrogens is 440 g/mol. The Labute approximate surface area is 196 Å². The van der Waals surface area contributed by atoms with Crippen molar-refractivity contribution in [1.82, 2.24) is 19.8 Å². The molecule has 1 aromatic carbocycles. The summed E-state index contributed by atoms with van der Waals surface area (Å²) in [7, 11) is 0. The van der Waals surface area contributed by atoms with Crippen LogP contribution in [0.1, 0.15) is 21.8 Å². The Morgan fingerprint density at radius 3 is 2.76 bits per heavy atom. The van der Waals surface area contributed by atoms with E-state index in [9.17, 15) is 4.79 Å². The van der Waals surface area contributed by atoms with Crippen LogP contribution in [0.3, 0.4) is 0 Å². The van der Waals surface area contributed by atoms with Crippen LogP contribution in [0.4, 0.5) is 0 Å². The van der Waals surface area contributed by atoms with Crippen molar-refractivity contribution in [2.75, 3.05) is 26.4 Å². The number of benzene rings is 1. The molecule has 5 rings (SSSR count). The second kappa shape index (κ2) is 9.86. The minimum absolute atomic E-state index is 0.0800. The molecule has 2 aromatic heterocycles. The standard InChI is InChI=1S/C24H26N4O4S/c1-17-26-20(15-33-17)10-28-12-21(30-14-18-4-6-25-7-5-18)11-27(13-24(28)29)9-19-2-3-22-23(8-19)32-16-31-22/h2-8,15,21H,9-14,16H2,1H3/t21-/m0/s1. The lowest BCUT2D eigenvalue weighted by molar-refractivity contribution is -0.132. The molecule has 1 saturated heterocycles. The molecule has 0 bridgehead atoms. The highest BCUT2D eigenvalue weighted by Gasteiger charge is 2.29. The molecule has 8 nitrogen and oxygen atoms in total. The second-order valence-electron chi connectivity index (χ2n) is 8.28. The van der Waals surface area contributed by atoms with Gasteiger partial charge in [0.15, 0.2) is 11.5 Å². The van der Waals surface area contributed by atoms with E-state index >= 15 is 0 Å². The average molecular weight is 467 g/mol. The zero-order valence-corrected chi connectivity index (χ0v) is 19.3. The maximum Gasteiger partial charge on any atom is 0.237 e. The van der Waals surface area contributed by atoms with Gasteiger partial charge >= 0.3 is 0 Å². The van der Waals surface area contributed by atoms with Crippen LogP contribution in [0.5, 0.6) is 11.5 Å². The number of thiazole rings is 1. The number of hydrogen-bond donors (Lipinski definition) is 0. The zero-order valence-electron chi connectivity index (χ0n) is 18.5. The lowest BCUT2D eigenvalue weighted by Gasteiger charge is -2.24. The maximum atomic E-state index is 13.2. The van der Waals surface area contributed by atoms with Gasteiger partial charge < -0.3 is 19.1 Å². The Balaban J connectivity index is 1.31. The van der Waals surface area contributed by atoms with Crippen LogP contribution in [0.25, 0.3) is 0 Å². The van der Waals surface area contributed by atoms with Crippen molar-refractivity contribution < 1.29 is 19.0 Å². The molecule has 3 aromatic rings. The summed E-state index contributed by atoms with van der Waals surface area (Å²) in [4.78, 5) is 25.8. The summed E-state index contributed by atoms with van der Waals surface area (Å²) in [5.74, 6) is 1.59. The second-order valence-corrected chi connectivity index (χ2v) is 9.34. The van der Waals surface area contributed by atoms with E-state index in [1.807, 2.05) is 47.5 Å². The molecule has 0 aliphatic carbocycles. The Kier molecular flexibility index (Phi) is 6.52. The van der Waals surface area contributed by atoms with E-state index in [-0.39, 0.29) is 18.8 Å². The number of pyridine rings is 1. The molecule has 0 unspecified atom stereocenters. The largest absolute Gasteiger partial charge is 0.454 e. The van der Waals surface area contributed by atoms with Crippen LogP contribution in [-0.4, -0.2) is 58.2 Å². The number of carbonyl (C=O) groups excluding carboxylic acids is 1. The predicted octanol–water partition coefficient (Wildman–Crippen LogP) is 3.01. The van der Waals surface area contributed by atoms with Crippen molar-refractivity contribution >= 4 is 17.2 Å². The molecule has 1 amide bonds. The van der Waals surface area contributed by atoms with Crippen molar-refractivity contribution in [3.05, 3.63) is 69.9 Å². The maximum absolute atomic E-state index is 13.2. The van der Waals surface area contributed by atoms with Gasteiger partial charge in [0.2, 0.25) is 12.7 Å². The number of rotatable bonds is 7. The van der Waals surface area contributed by atoms with Crippen molar-refractivity contribution in [1.29, 1.82) is 0 Å². The summed E-state index contributed by atoms with van der Waals surface area (Å²) >= 11 is 1.60. The van der Waals surface area contributed by atoms with Crippen molar-refractivity contribution in [2.24, 2.45) is 0 Å². The summed E-state index contributed by atoms with van der Waals surface area (Å²) < 4.78 is 17.2. The van der Waals surface area contributed by atoms with Gasteiger partial charge in [-0.2, -0.15) is 0 Å². The zero-order chi connectivity index (χ0) is 22.6. The number of aryl methyl sites for hydroxylation is 1. The summed E-state index contributed by atoms with van der Waals surface area (Å²) in [5.41, 5.74) is 3.05. The van der Waals surface area contributed by atoms with Gasteiger partial charge in [-0.15, -0.1) is 11.3 Å². The summed E-state index contributed by atoms with van der Waals surface area (Å²) in [6.07, 6.45) is 3.40. The molecule has 1 atom stereocenters. The Bertz CT molecular complexity index is 1110. The van der Waals surface area contributed by atoms with E-state index in [1.165, 1.54) is 0 Å². The van der Waals surface area contributed by atoms with Gasteiger partial charge in [0.1, 0.15) is 0 Å². The number of hydrogen-bond acceptors (Lipinski definition) is 8. The highest BCUT2D eigenvalue weighted by Crippen LogP contribution is 2.33. The minimum Gasteiger partial charge on any atom is -0.454 e. The van der Waals surface area contributed by atoms with E-state index in [4.69, 9.17) is 14.2 Å². The van der Waals surface area contributed by atoms with Gasteiger partial charge in [0.25, 0.3) is 0 Å². The highest BCUT2D eigenvalue weighted by molar-refractivity contribution is 7.09. The number of aromatic nitrogens is 2. The number of fused-ring (bicyclic) bond motifs is 1. The van der Waals surface area contributed by atoms with E-state index < -0.39 is 0 Å². The Morgan fingerprint density at radius 1 is 1.09 bits per heavy atom. The molecule has 33 heavy (non-hydrogen) atoms. The number of amides is 1. The molecule has 4 heterocycles. The van der Waals surface area contributed by atoms with Gasteiger partial charge in [0, 0.05) is 37.4 Å². The monoisotopic (exact) mass is 466 g/mol. The normalized spacial score (nSPS) is 18.5. The SMILES string of the molecule is Cc1nc(CN2C[C@@H](OCc3ccncc3)CN(Cc3ccc4c(c3)OCO4)CC2=O)cs1. The van der Waals surface area contributed by atoms with Gasteiger partial charge in [-0.1, -0.05) is 6.07 Å². The van der Waals surface area contributed by atoms with E-state index in [2.05, 4.69) is 14.9 Å². The highest BCUT2D eigenvalue weighted by atomic mass is 32.1.